The van der Waals surface area contributed by atoms with Gasteiger partial charge in [-0.3, -0.25) is 0 Å². The number of hydrogen-bond acceptors (Lipinski definition) is 2. The van der Waals surface area contributed by atoms with Crippen molar-refractivity contribution < 1.29 is 0 Å². The highest BCUT2D eigenvalue weighted by Gasteiger charge is 2.14. The van der Waals surface area contributed by atoms with Gasteiger partial charge < -0.3 is 5.32 Å². The van der Waals surface area contributed by atoms with Gasteiger partial charge in [0.25, 0.3) is 0 Å². The maximum Gasteiger partial charge on any atom is 0.0314 e. The van der Waals surface area contributed by atoms with E-state index in [9.17, 15) is 0 Å². The summed E-state index contributed by atoms with van der Waals surface area (Å²) in [5.74, 6) is 0. The van der Waals surface area contributed by atoms with Crippen LogP contribution in [0.2, 0.25) is 0 Å². The lowest BCUT2D eigenvalue weighted by Gasteiger charge is -2.21. The minimum atomic E-state index is 0.158. The van der Waals surface area contributed by atoms with Crippen LogP contribution in [-0.4, -0.2) is 10.3 Å². The smallest absolute Gasteiger partial charge is 0.0314 e. The average Bonchev–Trinajstić information content (AvgIpc) is 2.15. The summed E-state index contributed by atoms with van der Waals surface area (Å²) >= 11 is 5.56. The van der Waals surface area contributed by atoms with Gasteiger partial charge in [-0.05, 0) is 54.4 Å². The van der Waals surface area contributed by atoms with Crippen LogP contribution in [0.15, 0.2) is 27.6 Å². The summed E-state index contributed by atoms with van der Waals surface area (Å²) in [5.41, 5.74) is 1.47. The van der Waals surface area contributed by atoms with Crippen molar-refractivity contribution in [2.75, 3.05) is 0 Å². The lowest BCUT2D eigenvalue weighted by Crippen LogP contribution is -2.35. The number of nitrogens with one attached hydrogen (secondary N) is 1. The maximum atomic E-state index is 3.67. The van der Waals surface area contributed by atoms with Crippen LogP contribution < -0.4 is 5.32 Å². The Kier molecular flexibility index (Phi) is 5.33. The molecule has 0 spiro atoms. The summed E-state index contributed by atoms with van der Waals surface area (Å²) in [6.45, 7) is 14.2. The average molecular weight is 330 g/mol. The number of rotatable bonds is 3. The van der Waals surface area contributed by atoms with Gasteiger partial charge in [-0.1, -0.05) is 26.8 Å². The quantitative estimate of drug-likeness (QED) is 0.762. The van der Waals surface area contributed by atoms with Gasteiger partial charge in [-0.25, -0.2) is 0 Å². The summed E-state index contributed by atoms with van der Waals surface area (Å²) in [4.78, 5) is 1.31. The molecule has 1 nitrogen and oxygen atoms in total. The second kappa shape index (κ2) is 5.98. The molecule has 1 aromatic rings. The molecule has 1 rings (SSSR count). The fourth-order valence-corrected chi connectivity index (χ4v) is 3.06. The molecule has 0 aromatic heterocycles. The minimum absolute atomic E-state index is 0.158. The Morgan fingerprint density at radius 2 is 1.72 bits per heavy atom. The summed E-state index contributed by atoms with van der Waals surface area (Å²) in [6, 6.07) is 6.63. The van der Waals surface area contributed by atoms with Crippen LogP contribution in [0.3, 0.4) is 0 Å². The number of benzene rings is 1. The third-order valence-corrected chi connectivity index (χ3v) is 4.34. The van der Waals surface area contributed by atoms with Crippen molar-refractivity contribution in [3.8, 4) is 0 Å². The predicted molar refractivity (Wildman–Crippen MR) is 86.3 cm³/mol. The van der Waals surface area contributed by atoms with Crippen LogP contribution in [-0.2, 0) is 6.54 Å². The van der Waals surface area contributed by atoms with Crippen molar-refractivity contribution >= 4 is 27.7 Å². The molecule has 18 heavy (non-hydrogen) atoms. The zero-order valence-electron chi connectivity index (χ0n) is 12.2. The minimum Gasteiger partial charge on any atom is -0.308 e. The van der Waals surface area contributed by atoms with Crippen LogP contribution in [0.25, 0.3) is 0 Å². The molecular formula is C15H24BrNS. The van der Waals surface area contributed by atoms with Crippen molar-refractivity contribution in [3.63, 3.8) is 0 Å². The first-order valence-electron chi connectivity index (χ1n) is 6.29. The van der Waals surface area contributed by atoms with E-state index >= 15 is 0 Å². The van der Waals surface area contributed by atoms with Crippen LogP contribution >= 0.6 is 27.7 Å². The van der Waals surface area contributed by atoms with Gasteiger partial charge in [0, 0.05) is 26.2 Å². The third kappa shape index (κ3) is 6.26. The van der Waals surface area contributed by atoms with Gasteiger partial charge in [0.15, 0.2) is 0 Å². The predicted octanol–water partition coefficient (Wildman–Crippen LogP) is 5.23. The molecule has 0 aliphatic rings. The first kappa shape index (κ1) is 16.1. The largest absolute Gasteiger partial charge is 0.308 e. The van der Waals surface area contributed by atoms with E-state index in [1.54, 1.807) is 0 Å². The monoisotopic (exact) mass is 329 g/mol. The van der Waals surface area contributed by atoms with E-state index in [1.807, 2.05) is 11.8 Å². The topological polar surface area (TPSA) is 12.0 Å². The molecule has 0 aliphatic heterocycles. The summed E-state index contributed by atoms with van der Waals surface area (Å²) in [5, 5.41) is 3.51. The van der Waals surface area contributed by atoms with Gasteiger partial charge >= 0.3 is 0 Å². The molecule has 3 heteroatoms. The molecule has 0 radical (unpaired) electrons. The summed E-state index contributed by atoms with van der Waals surface area (Å²) < 4.78 is 1.43. The lowest BCUT2D eigenvalue weighted by atomic mass is 10.1. The summed E-state index contributed by atoms with van der Waals surface area (Å²) in [7, 11) is 0. The Hall–Kier alpha value is 0.01000. The SMILES string of the molecule is CC(C)(C)NCc1ccc(SC(C)(C)C)c(Br)c1. The van der Waals surface area contributed by atoms with Gasteiger partial charge in [0.05, 0.1) is 0 Å². The van der Waals surface area contributed by atoms with Crippen LogP contribution in [0.5, 0.6) is 0 Å². The van der Waals surface area contributed by atoms with Gasteiger partial charge in [-0.15, -0.1) is 11.8 Å². The van der Waals surface area contributed by atoms with Crippen molar-refractivity contribution in [2.45, 2.75) is 63.3 Å². The molecular weight excluding hydrogens is 306 g/mol. The Morgan fingerprint density at radius 3 is 2.17 bits per heavy atom. The Labute approximate surface area is 124 Å². The van der Waals surface area contributed by atoms with E-state index in [-0.39, 0.29) is 10.3 Å². The van der Waals surface area contributed by atoms with E-state index < -0.39 is 0 Å². The standard InChI is InChI=1S/C15H24BrNS/c1-14(2,3)17-10-11-7-8-13(12(16)9-11)18-15(4,5)6/h7-9,17H,10H2,1-6H3. The van der Waals surface area contributed by atoms with Gasteiger partial charge in [-0.2, -0.15) is 0 Å². The zero-order chi connectivity index (χ0) is 14.0. The Morgan fingerprint density at radius 1 is 1.11 bits per heavy atom. The molecule has 0 atom stereocenters. The third-order valence-electron chi connectivity index (χ3n) is 2.24. The molecule has 1 N–H and O–H groups in total. The molecule has 0 fully saturated rings. The Balaban J connectivity index is 2.74. The second-order valence-electron chi connectivity index (χ2n) is 6.58. The fraction of sp³-hybridized carbons (Fsp3) is 0.600. The van der Waals surface area contributed by atoms with Crippen molar-refractivity contribution in [1.82, 2.24) is 5.32 Å². The van der Waals surface area contributed by atoms with Crippen LogP contribution in [0, 0.1) is 0 Å². The molecule has 0 bridgehead atoms. The highest BCUT2D eigenvalue weighted by Crippen LogP contribution is 2.36. The van der Waals surface area contributed by atoms with E-state index in [0.29, 0.717) is 0 Å². The molecule has 1 aromatic carbocycles. The first-order valence-corrected chi connectivity index (χ1v) is 7.90. The molecule has 0 heterocycles. The number of thioether (sulfide) groups is 1. The van der Waals surface area contributed by atoms with E-state index in [1.165, 1.54) is 14.9 Å². The lowest BCUT2D eigenvalue weighted by molar-refractivity contribution is 0.424. The molecule has 0 unspecified atom stereocenters. The van der Waals surface area contributed by atoms with Gasteiger partial charge in [0.2, 0.25) is 0 Å². The first-order chi connectivity index (χ1) is 8.07. The van der Waals surface area contributed by atoms with Gasteiger partial charge in [0.1, 0.15) is 0 Å². The molecule has 0 amide bonds. The van der Waals surface area contributed by atoms with Crippen LogP contribution in [0.4, 0.5) is 0 Å². The molecule has 0 aliphatic carbocycles. The molecule has 102 valence electrons. The number of hydrogen-bond donors (Lipinski definition) is 1. The number of halogens is 1. The van der Waals surface area contributed by atoms with Crippen molar-refractivity contribution in [3.05, 3.63) is 28.2 Å². The highest BCUT2D eigenvalue weighted by atomic mass is 79.9. The van der Waals surface area contributed by atoms with E-state index in [0.717, 1.165) is 6.54 Å². The molecule has 0 saturated carbocycles. The summed E-state index contributed by atoms with van der Waals surface area (Å²) in [6.07, 6.45) is 0. The maximum absolute atomic E-state index is 3.67. The normalized spacial score (nSPS) is 12.8. The zero-order valence-corrected chi connectivity index (χ0v) is 14.6. The van der Waals surface area contributed by atoms with E-state index in [4.69, 9.17) is 0 Å². The Bertz CT molecular complexity index is 402. The van der Waals surface area contributed by atoms with E-state index in [2.05, 4.69) is 81.0 Å². The second-order valence-corrected chi connectivity index (χ2v) is 9.31. The van der Waals surface area contributed by atoms with Crippen molar-refractivity contribution in [2.24, 2.45) is 0 Å². The fourth-order valence-electron chi connectivity index (χ4n) is 1.43. The molecule has 0 saturated heterocycles. The highest BCUT2D eigenvalue weighted by molar-refractivity contribution is 9.10. The van der Waals surface area contributed by atoms with Crippen LogP contribution in [0.1, 0.15) is 47.1 Å². The van der Waals surface area contributed by atoms with Crippen molar-refractivity contribution in [1.29, 1.82) is 0 Å².